The third kappa shape index (κ3) is 3.16. The van der Waals surface area contributed by atoms with E-state index in [1.165, 1.54) is 19.3 Å². The van der Waals surface area contributed by atoms with Crippen molar-refractivity contribution < 1.29 is 14.3 Å². The lowest BCUT2D eigenvalue weighted by Gasteiger charge is -2.61. The first kappa shape index (κ1) is 18.5. The summed E-state index contributed by atoms with van der Waals surface area (Å²) in [6.07, 6.45) is 7.03. The zero-order chi connectivity index (χ0) is 19.1. The second-order valence-electron chi connectivity index (χ2n) is 8.99. The predicted molar refractivity (Wildman–Crippen MR) is 103 cm³/mol. The van der Waals surface area contributed by atoms with E-state index in [-0.39, 0.29) is 17.3 Å². The van der Waals surface area contributed by atoms with Gasteiger partial charge in [-0.3, -0.25) is 10.2 Å². The molecule has 4 saturated carbocycles. The number of nitrogens with one attached hydrogen (secondary N) is 2. The highest BCUT2D eigenvalue weighted by molar-refractivity contribution is 5.94. The van der Waals surface area contributed by atoms with Gasteiger partial charge in [-0.25, -0.2) is 10.2 Å². The van der Waals surface area contributed by atoms with E-state index in [4.69, 9.17) is 4.74 Å². The molecule has 1 aromatic rings. The molecule has 2 N–H and O–H groups in total. The summed E-state index contributed by atoms with van der Waals surface area (Å²) in [6.45, 7) is 4.11. The fraction of sp³-hybridized carbons (Fsp3) is 0.636. The molecule has 1 amide bonds. The van der Waals surface area contributed by atoms with Crippen LogP contribution in [0.25, 0.3) is 0 Å². The Balaban J connectivity index is 1.58. The van der Waals surface area contributed by atoms with E-state index in [2.05, 4.69) is 10.9 Å². The standard InChI is InChI=1S/C22H30N2O3/c1-3-27-20(26)21(2,24-23-19(25)18-7-5-4-6-8-18)22-12-15-9-16(13-22)11-17(10-15)14-22/h4-8,15-17,24H,3,9-14H2,1-2H3,(H,23,25)/t15?,16?,17?,21-,22?/m0/s1. The summed E-state index contributed by atoms with van der Waals surface area (Å²) >= 11 is 0. The smallest absolute Gasteiger partial charge is 0.328 e. The molecule has 5 nitrogen and oxygen atoms in total. The topological polar surface area (TPSA) is 67.4 Å². The van der Waals surface area contributed by atoms with Crippen molar-refractivity contribution in [2.45, 2.75) is 57.9 Å². The minimum absolute atomic E-state index is 0.141. The van der Waals surface area contributed by atoms with Gasteiger partial charge in [0, 0.05) is 11.0 Å². The lowest BCUT2D eigenvalue weighted by molar-refractivity contribution is -0.171. The van der Waals surface area contributed by atoms with E-state index in [0.29, 0.717) is 29.9 Å². The Morgan fingerprint density at radius 1 is 1.07 bits per heavy atom. The highest BCUT2D eigenvalue weighted by Gasteiger charge is 2.62. The highest BCUT2D eigenvalue weighted by atomic mass is 16.5. The zero-order valence-corrected chi connectivity index (χ0v) is 16.3. The van der Waals surface area contributed by atoms with Gasteiger partial charge in [-0.15, -0.1) is 0 Å². The predicted octanol–water partition coefficient (Wildman–Crippen LogP) is 3.46. The first-order valence-electron chi connectivity index (χ1n) is 10.3. The van der Waals surface area contributed by atoms with E-state index in [1.54, 1.807) is 12.1 Å². The number of amides is 1. The molecular formula is C22H30N2O3. The summed E-state index contributed by atoms with van der Waals surface area (Å²) in [5.41, 5.74) is 5.49. The Labute approximate surface area is 161 Å². The third-order valence-corrected chi connectivity index (χ3v) is 7.24. The molecule has 0 unspecified atom stereocenters. The third-order valence-electron chi connectivity index (χ3n) is 7.24. The quantitative estimate of drug-likeness (QED) is 0.594. The molecule has 146 valence electrons. The fourth-order valence-corrected chi connectivity index (χ4v) is 6.24. The maximum absolute atomic E-state index is 13.1. The van der Waals surface area contributed by atoms with Crippen molar-refractivity contribution in [2.75, 3.05) is 6.61 Å². The minimum atomic E-state index is -0.913. The van der Waals surface area contributed by atoms with Crippen molar-refractivity contribution in [3.8, 4) is 0 Å². The van der Waals surface area contributed by atoms with Crippen LogP contribution >= 0.6 is 0 Å². The molecule has 0 radical (unpaired) electrons. The Kier molecular flexibility index (Phi) is 4.75. The summed E-state index contributed by atoms with van der Waals surface area (Å²) in [7, 11) is 0. The van der Waals surface area contributed by atoms with Crippen molar-refractivity contribution in [1.82, 2.24) is 10.9 Å². The summed E-state index contributed by atoms with van der Waals surface area (Å²) in [5, 5.41) is 0. The van der Waals surface area contributed by atoms with Crippen LogP contribution in [0.3, 0.4) is 0 Å². The number of rotatable bonds is 6. The van der Waals surface area contributed by atoms with Crippen LogP contribution in [-0.2, 0) is 9.53 Å². The Hall–Kier alpha value is -1.88. The molecule has 0 saturated heterocycles. The molecule has 0 heterocycles. The van der Waals surface area contributed by atoms with Crippen LogP contribution in [0.2, 0.25) is 0 Å². The number of hydrazine groups is 1. The summed E-state index contributed by atoms with van der Waals surface area (Å²) in [6, 6.07) is 9.08. The second-order valence-corrected chi connectivity index (χ2v) is 8.99. The van der Waals surface area contributed by atoms with Gasteiger partial charge in [-0.1, -0.05) is 18.2 Å². The van der Waals surface area contributed by atoms with Crippen LogP contribution in [0.15, 0.2) is 30.3 Å². The largest absolute Gasteiger partial charge is 0.465 e. The molecule has 4 aliphatic carbocycles. The minimum Gasteiger partial charge on any atom is -0.465 e. The maximum Gasteiger partial charge on any atom is 0.328 e. The molecule has 27 heavy (non-hydrogen) atoms. The summed E-state index contributed by atoms with van der Waals surface area (Å²) in [5.74, 6) is 1.64. The number of esters is 1. The van der Waals surface area contributed by atoms with E-state index in [1.807, 2.05) is 32.0 Å². The molecule has 0 aliphatic heterocycles. The van der Waals surface area contributed by atoms with Gasteiger partial charge in [0.15, 0.2) is 0 Å². The van der Waals surface area contributed by atoms with Crippen molar-refractivity contribution in [3.63, 3.8) is 0 Å². The van der Waals surface area contributed by atoms with Crippen molar-refractivity contribution in [2.24, 2.45) is 23.2 Å². The molecular weight excluding hydrogens is 340 g/mol. The SMILES string of the molecule is CCOC(=O)[C@](C)(NNC(=O)c1ccccc1)C12CC3CC(CC(C3)C1)C2. The van der Waals surface area contributed by atoms with Crippen LogP contribution in [0.5, 0.6) is 0 Å². The summed E-state index contributed by atoms with van der Waals surface area (Å²) < 4.78 is 5.48. The van der Waals surface area contributed by atoms with Crippen LogP contribution in [0.1, 0.15) is 62.7 Å². The molecule has 4 fully saturated rings. The number of hydrogen-bond acceptors (Lipinski definition) is 4. The number of ether oxygens (including phenoxy) is 1. The Bertz CT molecular complexity index is 682. The molecule has 4 bridgehead atoms. The molecule has 5 heteroatoms. The Morgan fingerprint density at radius 2 is 1.63 bits per heavy atom. The van der Waals surface area contributed by atoms with Gasteiger partial charge in [-0.05, 0) is 82.3 Å². The van der Waals surface area contributed by atoms with Gasteiger partial charge < -0.3 is 4.74 Å². The highest BCUT2D eigenvalue weighted by Crippen LogP contribution is 2.63. The van der Waals surface area contributed by atoms with Crippen LogP contribution < -0.4 is 10.9 Å². The molecule has 5 rings (SSSR count). The first-order valence-corrected chi connectivity index (χ1v) is 10.3. The van der Waals surface area contributed by atoms with Crippen LogP contribution in [0, 0.1) is 23.2 Å². The van der Waals surface area contributed by atoms with Crippen molar-refractivity contribution in [3.05, 3.63) is 35.9 Å². The Morgan fingerprint density at radius 3 is 2.15 bits per heavy atom. The average molecular weight is 370 g/mol. The van der Waals surface area contributed by atoms with Crippen molar-refractivity contribution >= 4 is 11.9 Å². The molecule has 0 aromatic heterocycles. The van der Waals surface area contributed by atoms with Gasteiger partial charge in [0.25, 0.3) is 5.91 Å². The van der Waals surface area contributed by atoms with Crippen LogP contribution in [-0.4, -0.2) is 24.0 Å². The number of carbonyl (C=O) groups is 2. The van der Waals surface area contributed by atoms with Gasteiger partial charge in [0.05, 0.1) is 6.61 Å². The molecule has 4 aliphatic rings. The number of hydrogen-bond donors (Lipinski definition) is 2. The fourth-order valence-electron chi connectivity index (χ4n) is 6.24. The monoisotopic (exact) mass is 370 g/mol. The van der Waals surface area contributed by atoms with E-state index in [0.717, 1.165) is 19.3 Å². The molecule has 0 spiro atoms. The normalized spacial score (nSPS) is 33.3. The van der Waals surface area contributed by atoms with Gasteiger partial charge in [0.2, 0.25) is 0 Å². The van der Waals surface area contributed by atoms with Gasteiger partial charge in [-0.2, -0.15) is 0 Å². The molecule has 1 atom stereocenters. The second kappa shape index (κ2) is 6.93. The lowest BCUT2D eigenvalue weighted by atomic mass is 9.45. The van der Waals surface area contributed by atoms with E-state index >= 15 is 0 Å². The van der Waals surface area contributed by atoms with Crippen LogP contribution in [0.4, 0.5) is 0 Å². The zero-order valence-electron chi connectivity index (χ0n) is 16.3. The van der Waals surface area contributed by atoms with E-state index in [9.17, 15) is 9.59 Å². The average Bonchev–Trinajstić information content (AvgIpc) is 2.65. The molecule has 1 aromatic carbocycles. The summed E-state index contributed by atoms with van der Waals surface area (Å²) in [4.78, 5) is 25.7. The lowest BCUT2D eigenvalue weighted by Crippen LogP contribution is -2.70. The number of benzene rings is 1. The first-order chi connectivity index (χ1) is 13.0. The number of carbonyl (C=O) groups excluding carboxylic acids is 2. The van der Waals surface area contributed by atoms with E-state index < -0.39 is 5.54 Å². The van der Waals surface area contributed by atoms with Gasteiger partial charge >= 0.3 is 5.97 Å². The van der Waals surface area contributed by atoms with Gasteiger partial charge in [0.1, 0.15) is 5.54 Å². The van der Waals surface area contributed by atoms with Crippen molar-refractivity contribution in [1.29, 1.82) is 0 Å². The maximum atomic E-state index is 13.1.